The number of ketones is 1. The number of Topliss-reactive ketones (excluding diaryl/α,β-unsaturated/α-hetero) is 1. The first-order valence-electron chi connectivity index (χ1n) is 6.57. The number of ether oxygens (including phenoxy) is 1. The van der Waals surface area contributed by atoms with Crippen LogP contribution in [0, 0.1) is 5.92 Å². The van der Waals surface area contributed by atoms with Gasteiger partial charge < -0.3 is 15.2 Å². The number of carboxylic acid groups (broad SMARTS) is 1. The number of hydrogen-bond acceptors (Lipinski definition) is 4. The molecule has 114 valence electrons. The van der Waals surface area contributed by atoms with E-state index < -0.39 is 17.9 Å². The highest BCUT2D eigenvalue weighted by Gasteiger charge is 2.23. The van der Waals surface area contributed by atoms with Crippen LogP contribution in [-0.2, 0) is 9.59 Å². The normalized spacial score (nSPS) is 11.8. The number of amides is 1. The topological polar surface area (TPSA) is 92.7 Å². The summed E-state index contributed by atoms with van der Waals surface area (Å²) in [5, 5.41) is 11.4. The summed E-state index contributed by atoms with van der Waals surface area (Å²) in [5.41, 5.74) is 0.485. The summed E-state index contributed by atoms with van der Waals surface area (Å²) in [4.78, 5) is 33.9. The van der Waals surface area contributed by atoms with Crippen molar-refractivity contribution in [2.24, 2.45) is 5.92 Å². The Morgan fingerprint density at radius 2 is 1.95 bits per heavy atom. The second-order valence-corrected chi connectivity index (χ2v) is 5.00. The first-order chi connectivity index (χ1) is 9.81. The van der Waals surface area contributed by atoms with Gasteiger partial charge in [-0.3, -0.25) is 9.59 Å². The smallest absolute Gasteiger partial charge is 0.326 e. The van der Waals surface area contributed by atoms with Crippen molar-refractivity contribution < 1.29 is 24.2 Å². The quantitative estimate of drug-likeness (QED) is 0.743. The minimum absolute atomic E-state index is 0.101. The third-order valence-corrected chi connectivity index (χ3v) is 2.86. The molecular weight excluding hydrogens is 274 g/mol. The zero-order chi connectivity index (χ0) is 16.0. The monoisotopic (exact) mass is 293 g/mol. The molecule has 1 aromatic rings. The van der Waals surface area contributed by atoms with Gasteiger partial charge in [0.05, 0.1) is 0 Å². The van der Waals surface area contributed by atoms with Gasteiger partial charge in [0.15, 0.2) is 12.4 Å². The molecule has 0 aliphatic carbocycles. The fraction of sp³-hybridized carbons (Fsp3) is 0.400. The fourth-order valence-corrected chi connectivity index (χ4v) is 1.68. The molecule has 21 heavy (non-hydrogen) atoms. The molecule has 0 radical (unpaired) electrons. The van der Waals surface area contributed by atoms with E-state index >= 15 is 0 Å². The number of rotatable bonds is 7. The van der Waals surface area contributed by atoms with E-state index in [1.807, 2.05) is 0 Å². The second kappa shape index (κ2) is 7.42. The maximum Gasteiger partial charge on any atom is 0.326 e. The predicted molar refractivity (Wildman–Crippen MR) is 76.3 cm³/mol. The van der Waals surface area contributed by atoms with Crippen molar-refractivity contribution in [3.63, 3.8) is 0 Å². The van der Waals surface area contributed by atoms with Gasteiger partial charge in [-0.2, -0.15) is 0 Å². The number of hydrogen-bond donors (Lipinski definition) is 2. The van der Waals surface area contributed by atoms with Crippen molar-refractivity contribution in [1.82, 2.24) is 5.32 Å². The highest BCUT2D eigenvalue weighted by Crippen LogP contribution is 2.13. The summed E-state index contributed by atoms with van der Waals surface area (Å²) in [7, 11) is 0. The number of carbonyl (C=O) groups is 3. The van der Waals surface area contributed by atoms with E-state index in [9.17, 15) is 14.4 Å². The largest absolute Gasteiger partial charge is 0.484 e. The first-order valence-corrected chi connectivity index (χ1v) is 6.57. The Hall–Kier alpha value is -2.37. The summed E-state index contributed by atoms with van der Waals surface area (Å²) in [6.07, 6.45) is 0. The lowest BCUT2D eigenvalue weighted by Crippen LogP contribution is -2.46. The number of nitrogens with one attached hydrogen (secondary N) is 1. The SMILES string of the molecule is CC(=O)c1cccc(OCC(=O)N[C@H](C(=O)O)C(C)C)c1. The van der Waals surface area contributed by atoms with Crippen LogP contribution in [0.4, 0.5) is 0 Å². The zero-order valence-electron chi connectivity index (χ0n) is 12.3. The summed E-state index contributed by atoms with van der Waals surface area (Å²) < 4.78 is 5.26. The fourth-order valence-electron chi connectivity index (χ4n) is 1.68. The van der Waals surface area contributed by atoms with E-state index in [0.29, 0.717) is 11.3 Å². The van der Waals surface area contributed by atoms with Gasteiger partial charge in [0.2, 0.25) is 0 Å². The number of aliphatic carboxylic acids is 1. The molecule has 0 saturated carbocycles. The molecule has 1 atom stereocenters. The standard InChI is InChI=1S/C15H19NO5/c1-9(2)14(15(19)20)16-13(18)8-21-12-6-4-5-11(7-12)10(3)17/h4-7,9,14H,8H2,1-3H3,(H,16,18)(H,19,20)/t14-/m0/s1. The van der Waals surface area contributed by atoms with Gasteiger partial charge in [-0.25, -0.2) is 4.79 Å². The Morgan fingerprint density at radius 1 is 1.29 bits per heavy atom. The molecule has 2 N–H and O–H groups in total. The van der Waals surface area contributed by atoms with E-state index in [4.69, 9.17) is 9.84 Å². The van der Waals surface area contributed by atoms with Gasteiger partial charge in [-0.05, 0) is 25.0 Å². The Bertz CT molecular complexity index is 539. The molecule has 1 aromatic carbocycles. The second-order valence-electron chi connectivity index (χ2n) is 5.00. The van der Waals surface area contributed by atoms with Gasteiger partial charge in [0, 0.05) is 5.56 Å². The van der Waals surface area contributed by atoms with Crippen LogP contribution in [-0.4, -0.2) is 35.4 Å². The van der Waals surface area contributed by atoms with E-state index in [-0.39, 0.29) is 18.3 Å². The third kappa shape index (κ3) is 5.25. The molecule has 0 aromatic heterocycles. The summed E-state index contributed by atoms with van der Waals surface area (Å²) in [5.74, 6) is -1.56. The highest BCUT2D eigenvalue weighted by atomic mass is 16.5. The Balaban J connectivity index is 2.58. The van der Waals surface area contributed by atoms with Crippen molar-refractivity contribution in [2.45, 2.75) is 26.8 Å². The van der Waals surface area contributed by atoms with Gasteiger partial charge in [0.1, 0.15) is 11.8 Å². The predicted octanol–water partition coefficient (Wildman–Crippen LogP) is 1.49. The van der Waals surface area contributed by atoms with Gasteiger partial charge in [-0.1, -0.05) is 26.0 Å². The minimum atomic E-state index is -1.09. The zero-order valence-corrected chi connectivity index (χ0v) is 12.3. The Kier molecular flexibility index (Phi) is 5.90. The third-order valence-electron chi connectivity index (χ3n) is 2.86. The number of benzene rings is 1. The van der Waals surface area contributed by atoms with Crippen molar-refractivity contribution in [3.05, 3.63) is 29.8 Å². The maximum atomic E-state index is 11.7. The lowest BCUT2D eigenvalue weighted by Gasteiger charge is -2.18. The van der Waals surface area contributed by atoms with E-state index in [2.05, 4.69) is 5.32 Å². The molecule has 1 rings (SSSR count). The van der Waals surface area contributed by atoms with Crippen LogP contribution in [0.3, 0.4) is 0 Å². The van der Waals surface area contributed by atoms with Crippen LogP contribution < -0.4 is 10.1 Å². The Labute approximate surface area is 123 Å². The molecule has 0 spiro atoms. The molecule has 0 unspecified atom stereocenters. The molecule has 0 bridgehead atoms. The molecule has 0 fully saturated rings. The van der Waals surface area contributed by atoms with Crippen molar-refractivity contribution in [2.75, 3.05) is 6.61 Å². The molecule has 6 nitrogen and oxygen atoms in total. The minimum Gasteiger partial charge on any atom is -0.484 e. The summed E-state index contributed by atoms with van der Waals surface area (Å²) in [6, 6.07) is 5.50. The van der Waals surface area contributed by atoms with E-state index in [0.717, 1.165) is 0 Å². The first kappa shape index (κ1) is 16.7. The lowest BCUT2D eigenvalue weighted by atomic mass is 10.1. The van der Waals surface area contributed by atoms with Crippen LogP contribution in [0.15, 0.2) is 24.3 Å². The summed E-state index contributed by atoms with van der Waals surface area (Å²) >= 11 is 0. The Morgan fingerprint density at radius 3 is 2.48 bits per heavy atom. The van der Waals surface area contributed by atoms with Crippen molar-refractivity contribution >= 4 is 17.7 Å². The van der Waals surface area contributed by atoms with Gasteiger partial charge >= 0.3 is 5.97 Å². The number of carbonyl (C=O) groups excluding carboxylic acids is 2. The highest BCUT2D eigenvalue weighted by molar-refractivity contribution is 5.94. The molecular formula is C15H19NO5. The van der Waals surface area contributed by atoms with E-state index in [1.165, 1.54) is 13.0 Å². The van der Waals surface area contributed by atoms with Crippen molar-refractivity contribution in [1.29, 1.82) is 0 Å². The molecule has 0 aliphatic rings. The van der Waals surface area contributed by atoms with Crippen LogP contribution in [0.2, 0.25) is 0 Å². The average molecular weight is 293 g/mol. The van der Waals surface area contributed by atoms with Crippen LogP contribution in [0.5, 0.6) is 5.75 Å². The molecule has 0 aliphatic heterocycles. The maximum absolute atomic E-state index is 11.7. The number of carboxylic acids is 1. The lowest BCUT2D eigenvalue weighted by molar-refractivity contribution is -0.143. The van der Waals surface area contributed by atoms with Gasteiger partial charge in [0.25, 0.3) is 5.91 Å². The van der Waals surface area contributed by atoms with Crippen LogP contribution >= 0.6 is 0 Å². The molecule has 1 amide bonds. The van der Waals surface area contributed by atoms with Crippen LogP contribution in [0.1, 0.15) is 31.1 Å². The molecule has 0 saturated heterocycles. The van der Waals surface area contributed by atoms with Crippen LogP contribution in [0.25, 0.3) is 0 Å². The van der Waals surface area contributed by atoms with E-state index in [1.54, 1.807) is 32.0 Å². The average Bonchev–Trinajstić information content (AvgIpc) is 2.42. The van der Waals surface area contributed by atoms with Gasteiger partial charge in [-0.15, -0.1) is 0 Å². The van der Waals surface area contributed by atoms with Crippen molar-refractivity contribution in [3.8, 4) is 5.75 Å². The molecule has 6 heteroatoms. The molecule has 0 heterocycles. The summed E-state index contributed by atoms with van der Waals surface area (Å²) in [6.45, 7) is 4.54.